The molecule has 25 heavy (non-hydrogen) atoms. The Morgan fingerprint density at radius 3 is 2.28 bits per heavy atom. The van der Waals surface area contributed by atoms with Crippen molar-refractivity contribution in [2.75, 3.05) is 26.2 Å². The number of hydrogen-bond donors (Lipinski definition) is 1. The van der Waals surface area contributed by atoms with Crippen LogP contribution in [-0.2, 0) is 16.0 Å². The molecular formula is C19H27N3O3. The first-order chi connectivity index (χ1) is 11.7. The van der Waals surface area contributed by atoms with Crippen LogP contribution in [-0.4, -0.2) is 53.7 Å². The van der Waals surface area contributed by atoms with Crippen molar-refractivity contribution in [2.45, 2.75) is 32.8 Å². The van der Waals surface area contributed by atoms with Crippen LogP contribution in [0.4, 0.5) is 4.79 Å². The molecule has 2 amide bonds. The molecule has 1 aromatic rings. The molecule has 136 valence electrons. The van der Waals surface area contributed by atoms with E-state index in [1.165, 1.54) is 0 Å². The van der Waals surface area contributed by atoms with E-state index in [1.54, 1.807) is 4.90 Å². The van der Waals surface area contributed by atoms with Gasteiger partial charge in [0, 0.05) is 38.2 Å². The second kappa shape index (κ2) is 8.16. The number of rotatable bonds is 4. The standard InChI is InChI=1S/C19H27N3O3/c1-15(14-16-8-6-5-7-9-16)17(23)20-22-12-10-21(11-13-22)18(24)25-19(2,3)4/h5-9H,1,10-14H2,2-4H3,(H,20,23). The van der Waals surface area contributed by atoms with Crippen LogP contribution in [0.2, 0.25) is 0 Å². The molecule has 6 nitrogen and oxygen atoms in total. The molecular weight excluding hydrogens is 318 g/mol. The van der Waals surface area contributed by atoms with E-state index in [9.17, 15) is 9.59 Å². The molecule has 0 bridgehead atoms. The Morgan fingerprint density at radius 1 is 1.12 bits per heavy atom. The van der Waals surface area contributed by atoms with E-state index < -0.39 is 5.60 Å². The van der Waals surface area contributed by atoms with Crippen molar-refractivity contribution in [3.63, 3.8) is 0 Å². The molecule has 0 saturated carbocycles. The van der Waals surface area contributed by atoms with Gasteiger partial charge in [-0.15, -0.1) is 0 Å². The van der Waals surface area contributed by atoms with Crippen molar-refractivity contribution in [3.05, 3.63) is 48.0 Å². The van der Waals surface area contributed by atoms with E-state index in [4.69, 9.17) is 4.74 Å². The monoisotopic (exact) mass is 345 g/mol. The lowest BCUT2D eigenvalue weighted by atomic mass is 10.1. The van der Waals surface area contributed by atoms with Gasteiger partial charge in [0.1, 0.15) is 5.60 Å². The van der Waals surface area contributed by atoms with Crippen LogP contribution < -0.4 is 5.43 Å². The molecule has 0 aromatic heterocycles. The van der Waals surface area contributed by atoms with E-state index in [0.717, 1.165) is 5.56 Å². The Bertz CT molecular complexity index is 615. The van der Waals surface area contributed by atoms with Crippen molar-refractivity contribution in [3.8, 4) is 0 Å². The van der Waals surface area contributed by atoms with Gasteiger partial charge in [0.25, 0.3) is 5.91 Å². The molecule has 0 spiro atoms. The van der Waals surface area contributed by atoms with E-state index in [1.807, 2.05) is 56.1 Å². The normalized spacial score (nSPS) is 15.6. The van der Waals surface area contributed by atoms with Crippen molar-refractivity contribution < 1.29 is 14.3 Å². The Balaban J connectivity index is 1.76. The number of carbonyl (C=O) groups excluding carboxylic acids is 2. The molecule has 0 unspecified atom stereocenters. The molecule has 1 saturated heterocycles. The molecule has 0 radical (unpaired) electrons. The third kappa shape index (κ3) is 6.23. The van der Waals surface area contributed by atoms with Gasteiger partial charge in [-0.3, -0.25) is 10.2 Å². The van der Waals surface area contributed by atoms with Gasteiger partial charge >= 0.3 is 6.09 Å². The zero-order chi connectivity index (χ0) is 18.4. The van der Waals surface area contributed by atoms with E-state index in [2.05, 4.69) is 12.0 Å². The van der Waals surface area contributed by atoms with E-state index >= 15 is 0 Å². The van der Waals surface area contributed by atoms with Gasteiger partial charge in [-0.2, -0.15) is 0 Å². The second-order valence-corrected chi connectivity index (χ2v) is 7.16. The number of benzene rings is 1. The molecule has 1 aliphatic rings. The summed E-state index contributed by atoms with van der Waals surface area (Å²) in [6, 6.07) is 9.76. The Kier molecular flexibility index (Phi) is 6.20. The van der Waals surface area contributed by atoms with E-state index in [0.29, 0.717) is 38.2 Å². The Morgan fingerprint density at radius 2 is 1.72 bits per heavy atom. The summed E-state index contributed by atoms with van der Waals surface area (Å²) in [5.74, 6) is -0.186. The minimum atomic E-state index is -0.502. The highest BCUT2D eigenvalue weighted by molar-refractivity contribution is 5.92. The molecule has 1 aromatic carbocycles. The summed E-state index contributed by atoms with van der Waals surface area (Å²) >= 11 is 0. The molecule has 1 N–H and O–H groups in total. The smallest absolute Gasteiger partial charge is 0.410 e. The lowest BCUT2D eigenvalue weighted by molar-refractivity contribution is -0.123. The summed E-state index contributed by atoms with van der Waals surface area (Å²) in [5.41, 5.74) is 3.93. The molecule has 6 heteroatoms. The zero-order valence-corrected chi connectivity index (χ0v) is 15.2. The predicted molar refractivity (Wildman–Crippen MR) is 96.8 cm³/mol. The number of piperazine rings is 1. The van der Waals surface area contributed by atoms with Crippen LogP contribution >= 0.6 is 0 Å². The summed E-state index contributed by atoms with van der Waals surface area (Å²) < 4.78 is 5.37. The van der Waals surface area contributed by atoms with Gasteiger partial charge in [-0.1, -0.05) is 36.9 Å². The quantitative estimate of drug-likeness (QED) is 0.851. The molecule has 1 heterocycles. The lowest BCUT2D eigenvalue weighted by Crippen LogP contribution is -2.55. The maximum absolute atomic E-state index is 12.3. The van der Waals surface area contributed by atoms with Crippen LogP contribution in [0.1, 0.15) is 26.3 Å². The molecule has 0 aliphatic carbocycles. The summed E-state index contributed by atoms with van der Waals surface area (Å²) in [7, 11) is 0. The van der Waals surface area contributed by atoms with Gasteiger partial charge in [0.2, 0.25) is 0 Å². The third-order valence-electron chi connectivity index (χ3n) is 3.77. The largest absolute Gasteiger partial charge is 0.444 e. The highest BCUT2D eigenvalue weighted by Gasteiger charge is 2.26. The summed E-state index contributed by atoms with van der Waals surface area (Å²) in [5, 5.41) is 1.82. The fourth-order valence-electron chi connectivity index (χ4n) is 2.47. The van der Waals surface area contributed by atoms with Gasteiger partial charge in [0.15, 0.2) is 0 Å². The summed E-state index contributed by atoms with van der Waals surface area (Å²) in [6.45, 7) is 11.6. The first kappa shape index (κ1) is 19.0. The molecule has 2 rings (SSSR count). The Hall–Kier alpha value is -2.34. The molecule has 1 fully saturated rings. The molecule has 1 aliphatic heterocycles. The maximum Gasteiger partial charge on any atom is 0.410 e. The highest BCUT2D eigenvalue weighted by atomic mass is 16.6. The lowest BCUT2D eigenvalue weighted by Gasteiger charge is -2.35. The number of ether oxygens (including phenoxy) is 1. The number of hydrazine groups is 1. The SMILES string of the molecule is C=C(Cc1ccccc1)C(=O)NN1CCN(C(=O)OC(C)(C)C)CC1. The van der Waals surface area contributed by atoms with Gasteiger partial charge in [0.05, 0.1) is 0 Å². The van der Waals surface area contributed by atoms with Crippen molar-refractivity contribution >= 4 is 12.0 Å². The fourth-order valence-corrected chi connectivity index (χ4v) is 2.47. The predicted octanol–water partition coefficient (Wildman–Crippen LogP) is 2.37. The number of hydrogen-bond acceptors (Lipinski definition) is 4. The van der Waals surface area contributed by atoms with Crippen LogP contribution in [0, 0.1) is 0 Å². The summed E-state index contributed by atoms with van der Waals surface area (Å²) in [4.78, 5) is 26.0. The van der Waals surface area contributed by atoms with Crippen molar-refractivity contribution in [1.29, 1.82) is 0 Å². The van der Waals surface area contributed by atoms with Crippen LogP contribution in [0.3, 0.4) is 0 Å². The Labute approximate surface area is 149 Å². The van der Waals surface area contributed by atoms with Crippen molar-refractivity contribution in [1.82, 2.24) is 15.3 Å². The van der Waals surface area contributed by atoms with E-state index in [-0.39, 0.29) is 12.0 Å². The molecule has 0 atom stereocenters. The van der Waals surface area contributed by atoms with Crippen LogP contribution in [0.5, 0.6) is 0 Å². The zero-order valence-electron chi connectivity index (χ0n) is 15.2. The van der Waals surface area contributed by atoms with Crippen LogP contribution in [0.15, 0.2) is 42.5 Å². The number of nitrogens with one attached hydrogen (secondary N) is 1. The first-order valence-electron chi connectivity index (χ1n) is 8.50. The van der Waals surface area contributed by atoms with Gasteiger partial charge in [-0.25, -0.2) is 9.80 Å². The number of carbonyl (C=O) groups is 2. The van der Waals surface area contributed by atoms with Gasteiger partial charge in [-0.05, 0) is 26.3 Å². The average molecular weight is 345 g/mol. The number of nitrogens with zero attached hydrogens (tertiary/aromatic N) is 2. The number of amides is 2. The first-order valence-corrected chi connectivity index (χ1v) is 8.50. The van der Waals surface area contributed by atoms with Gasteiger partial charge < -0.3 is 9.64 Å². The fraction of sp³-hybridized carbons (Fsp3) is 0.474. The average Bonchev–Trinajstić information content (AvgIpc) is 2.54. The highest BCUT2D eigenvalue weighted by Crippen LogP contribution is 2.12. The minimum Gasteiger partial charge on any atom is -0.444 e. The maximum atomic E-state index is 12.3. The summed E-state index contributed by atoms with van der Waals surface area (Å²) in [6.07, 6.45) is 0.205. The van der Waals surface area contributed by atoms with Crippen LogP contribution in [0.25, 0.3) is 0 Å². The minimum absolute atomic E-state index is 0.186. The second-order valence-electron chi connectivity index (χ2n) is 7.16. The topological polar surface area (TPSA) is 61.9 Å². The third-order valence-corrected chi connectivity index (χ3v) is 3.77. The van der Waals surface area contributed by atoms with Crippen molar-refractivity contribution in [2.24, 2.45) is 0 Å².